The third-order valence-corrected chi connectivity index (χ3v) is 0.289. The van der Waals surface area contributed by atoms with Gasteiger partial charge in [0.25, 0.3) is 0 Å². The highest BCUT2D eigenvalue weighted by Gasteiger charge is 1.45. The molecule has 0 bridgehead atoms. The summed E-state index contributed by atoms with van der Waals surface area (Å²) in [7, 11) is 0. The second-order valence-corrected chi connectivity index (χ2v) is 0.697. The molecule has 0 aliphatic heterocycles. The Morgan fingerprint density at radius 2 is 2.00 bits per heavy atom. The summed E-state index contributed by atoms with van der Waals surface area (Å²) >= 11 is 0. The molecule has 0 rings (SSSR count). The Hall–Kier alpha value is 0.170. The fraction of sp³-hybridized carbons (Fsp3) is 0.500. The Labute approximate surface area is 36.9 Å². The Bertz CT molecular complexity index is 17.6. The van der Waals surface area contributed by atoms with Crippen molar-refractivity contribution in [2.24, 2.45) is 0 Å². The van der Waals surface area contributed by atoms with Crippen LogP contribution in [0.4, 0.5) is 0 Å². The van der Waals surface area contributed by atoms with Gasteiger partial charge in [0.1, 0.15) is 0 Å². The molecular weight excluding hydrogens is 79.0 g/mol. The van der Waals surface area contributed by atoms with Gasteiger partial charge in [-0.3, -0.25) is 0 Å². The lowest BCUT2D eigenvalue weighted by Gasteiger charge is -1.57. The minimum absolute atomic E-state index is 0. The number of hydrogen-bond donors (Lipinski definition) is 0. The normalized spacial score (nSPS) is 5.00. The fourth-order valence-corrected chi connectivity index (χ4v) is 0. The van der Waals surface area contributed by atoms with E-state index in [0.29, 0.717) is 0 Å². The van der Waals surface area contributed by atoms with E-state index in [0.717, 1.165) is 6.42 Å². The highest BCUT2D eigenvalue weighted by Crippen LogP contribution is 1.66. The van der Waals surface area contributed by atoms with Crippen molar-refractivity contribution < 1.29 is 0 Å². The van der Waals surface area contributed by atoms with Gasteiger partial charge in [-0.25, -0.2) is 0 Å². The van der Waals surface area contributed by atoms with Gasteiger partial charge in [-0.05, 0) is 6.42 Å². The van der Waals surface area contributed by atoms with Gasteiger partial charge in [0.05, 0.1) is 0 Å². The van der Waals surface area contributed by atoms with Gasteiger partial charge in [0.2, 0.25) is 0 Å². The summed E-state index contributed by atoms with van der Waals surface area (Å²) in [4.78, 5) is 0. The maximum absolute atomic E-state index is 3.48. The smallest absolute Gasteiger partial charge is 0 e. The molecule has 29 valence electrons. The topological polar surface area (TPSA) is 0 Å². The standard InChI is InChI=1S/C4H8.P/c1-3-4-2;/h3H,1,4H2,2H3;. The molecule has 0 aromatic heterocycles. The van der Waals surface area contributed by atoms with Crippen LogP contribution in [0.2, 0.25) is 0 Å². The van der Waals surface area contributed by atoms with E-state index in [1.54, 1.807) is 0 Å². The maximum atomic E-state index is 3.48. The summed E-state index contributed by atoms with van der Waals surface area (Å²) in [6.07, 6.45) is 2.96. The second kappa shape index (κ2) is 8.90. The lowest BCUT2D eigenvalue weighted by Crippen LogP contribution is -1.36. The van der Waals surface area contributed by atoms with Crippen molar-refractivity contribution in [1.29, 1.82) is 0 Å². The van der Waals surface area contributed by atoms with Crippen LogP contribution in [0.5, 0.6) is 0 Å². The van der Waals surface area contributed by atoms with E-state index in [1.807, 2.05) is 6.08 Å². The quantitative estimate of drug-likeness (QED) is 0.340. The van der Waals surface area contributed by atoms with Gasteiger partial charge in [0, 0.05) is 9.90 Å². The molecule has 0 saturated heterocycles. The van der Waals surface area contributed by atoms with Gasteiger partial charge in [-0.1, -0.05) is 13.0 Å². The highest BCUT2D eigenvalue weighted by atomic mass is 31.0. The van der Waals surface area contributed by atoms with E-state index in [9.17, 15) is 0 Å². The molecule has 0 aliphatic carbocycles. The molecule has 3 radical (unpaired) electrons. The van der Waals surface area contributed by atoms with Gasteiger partial charge >= 0.3 is 0 Å². The molecule has 0 spiro atoms. The molecule has 0 saturated carbocycles. The maximum Gasteiger partial charge on any atom is 0 e. The molecule has 0 N–H and O–H groups in total. The van der Waals surface area contributed by atoms with Crippen LogP contribution in [0.1, 0.15) is 13.3 Å². The summed E-state index contributed by atoms with van der Waals surface area (Å²) in [5.41, 5.74) is 0. The Balaban J connectivity index is 0. The molecule has 0 unspecified atom stereocenters. The van der Waals surface area contributed by atoms with Crippen molar-refractivity contribution in [3.05, 3.63) is 12.7 Å². The molecule has 0 atom stereocenters. The number of rotatable bonds is 1. The van der Waals surface area contributed by atoms with Crippen molar-refractivity contribution in [2.75, 3.05) is 0 Å². The predicted octanol–water partition coefficient (Wildman–Crippen LogP) is 2.44. The fourth-order valence-electron chi connectivity index (χ4n) is 0. The average Bonchev–Trinajstić information content (AvgIpc) is 1.37. The molecule has 0 aromatic rings. The van der Waals surface area contributed by atoms with Crippen molar-refractivity contribution in [2.45, 2.75) is 13.3 Å². The number of allylic oxidation sites excluding steroid dienone is 1. The van der Waals surface area contributed by atoms with Crippen LogP contribution in [0.25, 0.3) is 0 Å². The Morgan fingerprint density at radius 1 is 1.80 bits per heavy atom. The van der Waals surface area contributed by atoms with Crippen LogP contribution in [-0.4, -0.2) is 0 Å². The second-order valence-electron chi connectivity index (χ2n) is 0.697. The first kappa shape index (κ1) is 8.95. The predicted molar refractivity (Wildman–Crippen MR) is 27.4 cm³/mol. The summed E-state index contributed by atoms with van der Waals surface area (Å²) in [6, 6.07) is 0. The van der Waals surface area contributed by atoms with Gasteiger partial charge < -0.3 is 0 Å². The van der Waals surface area contributed by atoms with Crippen LogP contribution in [-0.2, 0) is 0 Å². The first-order chi connectivity index (χ1) is 1.91. The van der Waals surface area contributed by atoms with E-state index in [4.69, 9.17) is 0 Å². The van der Waals surface area contributed by atoms with Gasteiger partial charge in [-0.15, -0.1) is 6.58 Å². The number of hydrogen-bond acceptors (Lipinski definition) is 0. The van der Waals surface area contributed by atoms with Crippen LogP contribution in [0, 0.1) is 0 Å². The van der Waals surface area contributed by atoms with Gasteiger partial charge in [0.15, 0.2) is 0 Å². The molecule has 0 aliphatic rings. The van der Waals surface area contributed by atoms with Crippen LogP contribution < -0.4 is 0 Å². The molecule has 0 nitrogen and oxygen atoms in total. The van der Waals surface area contributed by atoms with E-state index in [1.165, 1.54) is 0 Å². The average molecular weight is 87.1 g/mol. The van der Waals surface area contributed by atoms with Gasteiger partial charge in [-0.2, -0.15) is 0 Å². The van der Waals surface area contributed by atoms with E-state index in [-0.39, 0.29) is 9.90 Å². The third-order valence-electron chi connectivity index (χ3n) is 0.289. The summed E-state index contributed by atoms with van der Waals surface area (Å²) in [5, 5.41) is 0. The van der Waals surface area contributed by atoms with Crippen LogP contribution >= 0.6 is 9.90 Å². The van der Waals surface area contributed by atoms with Crippen molar-refractivity contribution >= 4 is 9.90 Å². The Kier molecular flexibility index (Phi) is 15.9. The third kappa shape index (κ3) is 14.3. The summed E-state index contributed by atoms with van der Waals surface area (Å²) < 4.78 is 0. The minimum atomic E-state index is 0. The molecule has 1 heteroatoms. The van der Waals surface area contributed by atoms with E-state index >= 15 is 0 Å². The molecule has 0 aromatic carbocycles. The first-order valence-corrected chi connectivity index (χ1v) is 1.52. The first-order valence-electron chi connectivity index (χ1n) is 1.52. The summed E-state index contributed by atoms with van der Waals surface area (Å²) in [5.74, 6) is 0. The van der Waals surface area contributed by atoms with Crippen molar-refractivity contribution in [3.63, 3.8) is 0 Å². The van der Waals surface area contributed by atoms with Crippen molar-refractivity contribution in [1.82, 2.24) is 0 Å². The van der Waals surface area contributed by atoms with Crippen LogP contribution in [0.15, 0.2) is 12.7 Å². The molecule has 5 heavy (non-hydrogen) atoms. The summed E-state index contributed by atoms with van der Waals surface area (Å²) in [6.45, 7) is 5.54. The Morgan fingerprint density at radius 3 is 2.00 bits per heavy atom. The SMILES string of the molecule is C=CCC.[P]. The van der Waals surface area contributed by atoms with E-state index in [2.05, 4.69) is 13.5 Å². The molecule has 0 amide bonds. The molecule has 0 heterocycles. The molecule has 0 fully saturated rings. The van der Waals surface area contributed by atoms with Crippen LogP contribution in [0.3, 0.4) is 0 Å². The van der Waals surface area contributed by atoms with Crippen molar-refractivity contribution in [3.8, 4) is 0 Å². The zero-order valence-corrected chi connectivity index (χ0v) is 4.33. The zero-order chi connectivity index (χ0) is 3.41. The largest absolute Gasteiger partial charge is 0.103 e. The lowest BCUT2D eigenvalue weighted by atomic mass is 10.5. The van der Waals surface area contributed by atoms with E-state index < -0.39 is 0 Å². The zero-order valence-electron chi connectivity index (χ0n) is 3.44. The minimum Gasteiger partial charge on any atom is -0.103 e. The highest BCUT2D eigenvalue weighted by molar-refractivity contribution is 6.92. The lowest BCUT2D eigenvalue weighted by molar-refractivity contribution is 1.23. The molecular formula is C4H8P. The monoisotopic (exact) mass is 87.0 g/mol.